The highest BCUT2D eigenvalue weighted by molar-refractivity contribution is 5.79. The maximum Gasteiger partial charge on any atom is 0.0702 e. The zero-order valence-corrected chi connectivity index (χ0v) is 10.5. The quantitative estimate of drug-likeness (QED) is 0.897. The minimum atomic E-state index is -0.0646. The monoisotopic (exact) mass is 243 g/mol. The predicted molar refractivity (Wildman–Crippen MR) is 70.5 cm³/mol. The van der Waals surface area contributed by atoms with Crippen LogP contribution in [0.3, 0.4) is 0 Å². The molecule has 0 atom stereocenters. The minimum absolute atomic E-state index is 0.0646. The lowest BCUT2D eigenvalue weighted by molar-refractivity contribution is -0.135. The van der Waals surface area contributed by atoms with E-state index in [-0.39, 0.29) is 12.0 Å². The lowest BCUT2D eigenvalue weighted by Crippen LogP contribution is -2.47. The van der Waals surface area contributed by atoms with Gasteiger partial charge in [0.15, 0.2) is 0 Å². The van der Waals surface area contributed by atoms with Crippen molar-refractivity contribution in [1.82, 2.24) is 4.98 Å². The Labute approximate surface area is 106 Å². The summed E-state index contributed by atoms with van der Waals surface area (Å²) in [6.07, 6.45) is 2.75. The van der Waals surface area contributed by atoms with Gasteiger partial charge in [-0.15, -0.1) is 0 Å². The number of aliphatic hydroxyl groups excluding tert-OH is 1. The average molecular weight is 243 g/mol. The molecule has 0 unspecified atom stereocenters. The first-order chi connectivity index (χ1) is 8.71. The van der Waals surface area contributed by atoms with Crippen molar-refractivity contribution in [3.63, 3.8) is 0 Å². The van der Waals surface area contributed by atoms with Crippen LogP contribution in [0.2, 0.25) is 0 Å². The summed E-state index contributed by atoms with van der Waals surface area (Å²) in [5, 5.41) is 10.6. The number of aromatic nitrogens is 1. The maximum atomic E-state index is 9.46. The van der Waals surface area contributed by atoms with Crippen LogP contribution in [0.25, 0.3) is 10.9 Å². The molecule has 1 aliphatic heterocycles. The number of pyridine rings is 1. The molecule has 0 amide bonds. The zero-order valence-electron chi connectivity index (χ0n) is 10.5. The molecular formula is C15H17NO2. The van der Waals surface area contributed by atoms with Crippen LogP contribution in [0.4, 0.5) is 0 Å². The molecule has 0 bridgehead atoms. The molecule has 0 aliphatic carbocycles. The van der Waals surface area contributed by atoms with Gasteiger partial charge in [-0.3, -0.25) is 4.98 Å². The van der Waals surface area contributed by atoms with Crippen molar-refractivity contribution in [3.8, 4) is 0 Å². The van der Waals surface area contributed by atoms with E-state index in [1.54, 1.807) is 0 Å². The van der Waals surface area contributed by atoms with Crippen LogP contribution in [-0.4, -0.2) is 29.9 Å². The summed E-state index contributed by atoms with van der Waals surface area (Å²) in [5.74, 6) is 0. The molecule has 2 aromatic rings. The zero-order chi connectivity index (χ0) is 12.6. The first kappa shape index (κ1) is 11.6. The van der Waals surface area contributed by atoms with Gasteiger partial charge in [-0.25, -0.2) is 0 Å². The molecule has 1 aliphatic rings. The number of ether oxygens (including phenoxy) is 1. The molecule has 18 heavy (non-hydrogen) atoms. The van der Waals surface area contributed by atoms with Gasteiger partial charge in [0.25, 0.3) is 0 Å². The first-order valence-electron chi connectivity index (χ1n) is 6.25. The van der Waals surface area contributed by atoms with E-state index < -0.39 is 0 Å². The van der Waals surface area contributed by atoms with E-state index in [2.05, 4.69) is 29.2 Å². The molecule has 3 nitrogen and oxygen atoms in total. The number of rotatable bonds is 3. The highest BCUT2D eigenvalue weighted by atomic mass is 16.5. The number of hydrogen-bond acceptors (Lipinski definition) is 3. The molecule has 1 aromatic heterocycles. The Morgan fingerprint density at radius 1 is 1.33 bits per heavy atom. The van der Waals surface area contributed by atoms with Crippen LogP contribution >= 0.6 is 0 Å². The number of fused-ring (bicyclic) bond motifs is 1. The van der Waals surface area contributed by atoms with Gasteiger partial charge in [0.05, 0.1) is 25.3 Å². The van der Waals surface area contributed by atoms with Crippen LogP contribution in [0.15, 0.2) is 30.5 Å². The number of aryl methyl sites for hydroxylation is 1. The van der Waals surface area contributed by atoms with Crippen LogP contribution in [0.5, 0.6) is 0 Å². The fraction of sp³-hybridized carbons (Fsp3) is 0.400. The third kappa shape index (κ3) is 2.00. The van der Waals surface area contributed by atoms with Crippen LogP contribution in [-0.2, 0) is 11.2 Å². The molecule has 94 valence electrons. The standard InChI is InChI=1S/C15H17NO2/c1-11-4-13-5-12(2-3-14(13)16-7-11)6-15(8-17)9-18-10-15/h2-5,7,17H,6,8-10H2,1H3. The molecule has 1 fully saturated rings. The lowest BCUT2D eigenvalue weighted by atomic mass is 9.80. The van der Waals surface area contributed by atoms with Gasteiger partial charge in [-0.05, 0) is 42.7 Å². The Morgan fingerprint density at radius 3 is 2.83 bits per heavy atom. The Balaban J connectivity index is 1.93. The molecule has 1 N–H and O–H groups in total. The summed E-state index contributed by atoms with van der Waals surface area (Å²) in [7, 11) is 0. The SMILES string of the molecule is Cc1cnc2ccc(CC3(CO)COC3)cc2c1. The summed E-state index contributed by atoms with van der Waals surface area (Å²) in [6.45, 7) is 3.56. The number of hydrogen-bond donors (Lipinski definition) is 1. The Bertz CT molecular complexity index is 570. The maximum absolute atomic E-state index is 9.46. The van der Waals surface area contributed by atoms with Crippen molar-refractivity contribution in [3.05, 3.63) is 41.6 Å². The van der Waals surface area contributed by atoms with E-state index in [0.29, 0.717) is 13.2 Å². The molecule has 1 aromatic carbocycles. The molecule has 1 saturated heterocycles. The molecule has 0 radical (unpaired) electrons. The van der Waals surface area contributed by atoms with Gasteiger partial charge in [-0.2, -0.15) is 0 Å². The van der Waals surface area contributed by atoms with E-state index in [0.717, 1.165) is 11.9 Å². The summed E-state index contributed by atoms with van der Waals surface area (Å²) in [6, 6.07) is 8.47. The smallest absolute Gasteiger partial charge is 0.0702 e. The van der Waals surface area contributed by atoms with E-state index in [9.17, 15) is 5.11 Å². The second-order valence-electron chi connectivity index (χ2n) is 5.37. The third-order valence-corrected chi connectivity index (χ3v) is 3.61. The Morgan fingerprint density at radius 2 is 2.17 bits per heavy atom. The molecule has 3 heteroatoms. The molecule has 2 heterocycles. The van der Waals surface area contributed by atoms with Gasteiger partial charge in [-0.1, -0.05) is 6.07 Å². The van der Waals surface area contributed by atoms with Gasteiger partial charge in [0.2, 0.25) is 0 Å². The van der Waals surface area contributed by atoms with Gasteiger partial charge in [0.1, 0.15) is 0 Å². The molecular weight excluding hydrogens is 226 g/mol. The fourth-order valence-electron chi connectivity index (χ4n) is 2.47. The highest BCUT2D eigenvalue weighted by Gasteiger charge is 2.37. The fourth-order valence-corrected chi connectivity index (χ4v) is 2.47. The van der Waals surface area contributed by atoms with E-state index in [1.165, 1.54) is 16.5 Å². The first-order valence-corrected chi connectivity index (χ1v) is 6.25. The van der Waals surface area contributed by atoms with Crippen LogP contribution in [0.1, 0.15) is 11.1 Å². The number of aliphatic hydroxyl groups is 1. The summed E-state index contributed by atoms with van der Waals surface area (Å²) in [4.78, 5) is 4.40. The predicted octanol–water partition coefficient (Wildman–Crippen LogP) is 2.09. The van der Waals surface area contributed by atoms with Crippen molar-refractivity contribution in [2.45, 2.75) is 13.3 Å². The van der Waals surface area contributed by atoms with Gasteiger partial charge >= 0.3 is 0 Å². The van der Waals surface area contributed by atoms with Crippen LogP contribution in [0, 0.1) is 12.3 Å². The van der Waals surface area contributed by atoms with E-state index in [1.807, 2.05) is 13.1 Å². The van der Waals surface area contributed by atoms with E-state index >= 15 is 0 Å². The molecule has 3 rings (SSSR count). The van der Waals surface area contributed by atoms with Crippen molar-refractivity contribution in [1.29, 1.82) is 0 Å². The Kier molecular flexibility index (Phi) is 2.80. The average Bonchev–Trinajstić information content (AvgIpc) is 2.33. The largest absolute Gasteiger partial charge is 0.396 e. The number of benzene rings is 1. The van der Waals surface area contributed by atoms with Crippen molar-refractivity contribution < 1.29 is 9.84 Å². The second kappa shape index (κ2) is 4.34. The van der Waals surface area contributed by atoms with Crippen LogP contribution < -0.4 is 0 Å². The van der Waals surface area contributed by atoms with Gasteiger partial charge < -0.3 is 9.84 Å². The second-order valence-corrected chi connectivity index (χ2v) is 5.37. The summed E-state index contributed by atoms with van der Waals surface area (Å²) < 4.78 is 5.24. The highest BCUT2D eigenvalue weighted by Crippen LogP contribution is 2.31. The summed E-state index contributed by atoms with van der Waals surface area (Å²) in [5.41, 5.74) is 3.37. The number of nitrogens with zero attached hydrogens (tertiary/aromatic N) is 1. The van der Waals surface area contributed by atoms with Crippen molar-refractivity contribution in [2.75, 3.05) is 19.8 Å². The van der Waals surface area contributed by atoms with Gasteiger partial charge in [0, 0.05) is 17.0 Å². The topological polar surface area (TPSA) is 42.4 Å². The lowest BCUT2D eigenvalue weighted by Gasteiger charge is -2.40. The third-order valence-electron chi connectivity index (χ3n) is 3.61. The van der Waals surface area contributed by atoms with E-state index in [4.69, 9.17) is 4.74 Å². The molecule has 0 spiro atoms. The Hall–Kier alpha value is -1.45. The molecule has 0 saturated carbocycles. The minimum Gasteiger partial charge on any atom is -0.396 e. The van der Waals surface area contributed by atoms with Crippen molar-refractivity contribution in [2.24, 2.45) is 5.41 Å². The normalized spacial score (nSPS) is 17.7. The van der Waals surface area contributed by atoms with Crippen molar-refractivity contribution >= 4 is 10.9 Å². The summed E-state index contributed by atoms with van der Waals surface area (Å²) >= 11 is 0.